The van der Waals surface area contributed by atoms with E-state index in [0.29, 0.717) is 25.4 Å². The van der Waals surface area contributed by atoms with Crippen molar-refractivity contribution >= 4 is 23.3 Å². The van der Waals surface area contributed by atoms with Crippen LogP contribution in [0.4, 0.5) is 29.3 Å². The summed E-state index contributed by atoms with van der Waals surface area (Å²) in [5.41, 5.74) is 1.02. The molecule has 0 radical (unpaired) electrons. The van der Waals surface area contributed by atoms with Crippen LogP contribution in [0.25, 0.3) is 0 Å². The van der Waals surface area contributed by atoms with Crippen molar-refractivity contribution in [2.24, 2.45) is 5.92 Å². The van der Waals surface area contributed by atoms with Crippen molar-refractivity contribution in [1.29, 1.82) is 0 Å². The lowest BCUT2D eigenvalue weighted by atomic mass is 10.0. The van der Waals surface area contributed by atoms with Crippen molar-refractivity contribution in [3.63, 3.8) is 0 Å². The molecule has 0 aliphatic carbocycles. The number of alkyl halides is 3. The number of urea groups is 1. The van der Waals surface area contributed by atoms with Crippen LogP contribution < -0.4 is 15.4 Å². The van der Waals surface area contributed by atoms with E-state index in [-0.39, 0.29) is 47.6 Å². The van der Waals surface area contributed by atoms with Gasteiger partial charge in [-0.1, -0.05) is 37.3 Å². The van der Waals surface area contributed by atoms with Crippen LogP contribution in [0, 0.1) is 5.92 Å². The lowest BCUT2D eigenvalue weighted by Crippen LogP contribution is -2.47. The van der Waals surface area contributed by atoms with E-state index >= 15 is 0 Å². The first-order valence-electron chi connectivity index (χ1n) is 16.7. The van der Waals surface area contributed by atoms with Crippen LogP contribution in [0.2, 0.25) is 0 Å². The van der Waals surface area contributed by atoms with Gasteiger partial charge in [0.2, 0.25) is 0 Å². The normalized spacial score (nSPS) is 20.1. The first kappa shape index (κ1) is 37.7. The van der Waals surface area contributed by atoms with E-state index < -0.39 is 23.8 Å². The fourth-order valence-corrected chi connectivity index (χ4v) is 5.77. The highest BCUT2D eigenvalue weighted by atomic mass is 19.4. The zero-order chi connectivity index (χ0) is 35.6. The molecule has 0 saturated carbocycles. The molecule has 3 amide bonds. The van der Waals surface area contributed by atoms with Crippen molar-refractivity contribution in [1.82, 2.24) is 9.80 Å². The fraction of sp³-hybridized carbons (Fsp3) is 0.459. The predicted octanol–water partition coefficient (Wildman–Crippen LogP) is 7.28. The van der Waals surface area contributed by atoms with Crippen molar-refractivity contribution in [2.75, 3.05) is 44.0 Å². The van der Waals surface area contributed by atoms with Crippen molar-refractivity contribution in [2.45, 2.75) is 71.0 Å². The Morgan fingerprint density at radius 3 is 2.37 bits per heavy atom. The third kappa shape index (κ3) is 11.2. The number of aliphatic hydroxyl groups is 1. The quantitative estimate of drug-likeness (QED) is 0.231. The summed E-state index contributed by atoms with van der Waals surface area (Å²) in [6, 6.07) is 17.8. The number of halogens is 3. The van der Waals surface area contributed by atoms with Crippen LogP contribution >= 0.6 is 0 Å². The van der Waals surface area contributed by atoms with E-state index in [9.17, 15) is 27.9 Å². The summed E-state index contributed by atoms with van der Waals surface area (Å²) in [5.74, 6) is -0.129. The molecular formula is C37H47F3N4O5. The summed E-state index contributed by atoms with van der Waals surface area (Å²) in [6.45, 7) is 7.74. The number of nitrogens with zero attached hydrogens (tertiary/aromatic N) is 2. The first-order chi connectivity index (χ1) is 23.3. The van der Waals surface area contributed by atoms with Crippen molar-refractivity contribution < 1.29 is 37.3 Å². The number of anilines is 2. The molecular weight excluding hydrogens is 637 g/mol. The lowest BCUT2D eigenvalue weighted by molar-refractivity contribution is -0.137. The summed E-state index contributed by atoms with van der Waals surface area (Å²) < 4.78 is 51.5. The highest BCUT2D eigenvalue weighted by molar-refractivity contribution is 6.02. The number of aliphatic hydroxyl groups excluding tert-OH is 1. The van der Waals surface area contributed by atoms with Crippen LogP contribution in [0.15, 0.2) is 72.8 Å². The average Bonchev–Trinajstić information content (AvgIpc) is 3.06. The fourth-order valence-electron chi connectivity index (χ4n) is 5.77. The molecule has 4 rings (SSSR count). The number of rotatable bonds is 8. The number of carbonyl (C=O) groups is 2. The topological polar surface area (TPSA) is 103 Å². The second-order valence-electron chi connectivity index (χ2n) is 12.8. The molecule has 1 heterocycles. The molecule has 0 aromatic heterocycles. The molecule has 9 nitrogen and oxygen atoms in total. The molecule has 1 aliphatic heterocycles. The molecule has 0 bridgehead atoms. The Balaban J connectivity index is 1.57. The Labute approximate surface area is 286 Å². The van der Waals surface area contributed by atoms with Gasteiger partial charge in [-0.2, -0.15) is 13.2 Å². The number of benzene rings is 3. The number of likely N-dealkylation sites (N-methyl/N-ethyl adjacent to an activating group) is 1. The number of carbonyl (C=O) groups excluding carboxylic acids is 2. The Hall–Kier alpha value is -4.13. The van der Waals surface area contributed by atoms with Gasteiger partial charge in [0.1, 0.15) is 5.75 Å². The number of nitrogens with one attached hydrogen (secondary N) is 2. The van der Waals surface area contributed by atoms with E-state index in [4.69, 9.17) is 9.47 Å². The zero-order valence-electron chi connectivity index (χ0n) is 28.5. The Morgan fingerprint density at radius 2 is 1.69 bits per heavy atom. The van der Waals surface area contributed by atoms with Gasteiger partial charge in [0.25, 0.3) is 5.91 Å². The van der Waals surface area contributed by atoms with Crippen LogP contribution in [0.3, 0.4) is 0 Å². The smallest absolute Gasteiger partial charge is 0.416 e. The molecule has 0 fully saturated rings. The molecule has 0 spiro atoms. The minimum atomic E-state index is -4.49. The average molecular weight is 685 g/mol. The maximum Gasteiger partial charge on any atom is 0.416 e. The first-order valence-corrected chi connectivity index (χ1v) is 16.7. The lowest BCUT2D eigenvalue weighted by Gasteiger charge is -2.36. The van der Waals surface area contributed by atoms with Gasteiger partial charge in [0.05, 0.1) is 36.0 Å². The Kier molecular flexibility index (Phi) is 13.5. The van der Waals surface area contributed by atoms with E-state index in [1.54, 1.807) is 24.0 Å². The number of fused-ring (bicyclic) bond motifs is 1. The number of ether oxygens (including phenoxy) is 2. The summed E-state index contributed by atoms with van der Waals surface area (Å²) >= 11 is 0. The molecule has 266 valence electrons. The Bertz CT molecular complexity index is 1510. The van der Waals surface area contributed by atoms with E-state index in [1.807, 2.05) is 39.1 Å². The zero-order valence-corrected chi connectivity index (χ0v) is 28.5. The largest absolute Gasteiger partial charge is 0.490 e. The molecule has 3 aromatic rings. The minimum Gasteiger partial charge on any atom is -0.490 e. The van der Waals surface area contributed by atoms with Gasteiger partial charge < -0.3 is 30.1 Å². The summed E-state index contributed by atoms with van der Waals surface area (Å²) in [4.78, 5) is 31.0. The van der Waals surface area contributed by atoms with Gasteiger partial charge in [0, 0.05) is 43.5 Å². The van der Waals surface area contributed by atoms with Crippen LogP contribution in [0.1, 0.15) is 61.5 Å². The monoisotopic (exact) mass is 684 g/mol. The van der Waals surface area contributed by atoms with E-state index in [0.717, 1.165) is 50.1 Å². The SMILES string of the molecule is C[C@@H]1CCCCO[C@H](CN(C)Cc2ccccc2)[C@@H](C)CN([C@@H](C)CO)C(=O)c2cc(NC(=O)Nc3ccc(C(F)(F)F)cc3)ccc2O1. The number of amides is 3. The summed E-state index contributed by atoms with van der Waals surface area (Å²) in [5, 5.41) is 15.4. The molecule has 0 saturated heterocycles. The second kappa shape index (κ2) is 17.5. The third-order valence-electron chi connectivity index (χ3n) is 8.57. The second-order valence-corrected chi connectivity index (χ2v) is 12.8. The molecule has 49 heavy (non-hydrogen) atoms. The molecule has 3 aromatic carbocycles. The standard InChI is InChI=1S/C37H47F3N4O5/c1-25-21-44(26(2)24-45)35(46)32-20-31(42-36(47)41-30-15-13-29(14-16-30)37(38,39)40)17-18-33(32)49-27(3)10-8-9-19-48-34(25)23-43(4)22-28-11-6-5-7-12-28/h5-7,11-18,20,25-27,34,45H,8-10,19,21-24H2,1-4H3,(H2,41,42,47)/t25-,26-,27+,34+/m0/s1. The van der Waals surface area contributed by atoms with Gasteiger partial charge in [-0.25, -0.2) is 4.79 Å². The van der Waals surface area contributed by atoms with E-state index in [2.05, 4.69) is 27.7 Å². The molecule has 0 unspecified atom stereocenters. The predicted molar refractivity (Wildman–Crippen MR) is 184 cm³/mol. The van der Waals surface area contributed by atoms with Gasteiger partial charge in [-0.05, 0) is 88.2 Å². The van der Waals surface area contributed by atoms with Crippen LogP contribution in [0.5, 0.6) is 5.75 Å². The van der Waals surface area contributed by atoms with Gasteiger partial charge in [-0.3, -0.25) is 9.69 Å². The molecule has 1 aliphatic rings. The highest BCUT2D eigenvalue weighted by Crippen LogP contribution is 2.31. The summed E-state index contributed by atoms with van der Waals surface area (Å²) in [6.07, 6.45) is -2.45. The summed E-state index contributed by atoms with van der Waals surface area (Å²) in [7, 11) is 2.05. The molecule has 4 atom stereocenters. The number of hydrogen-bond donors (Lipinski definition) is 3. The highest BCUT2D eigenvalue weighted by Gasteiger charge is 2.31. The van der Waals surface area contributed by atoms with Crippen LogP contribution in [-0.4, -0.2) is 78.4 Å². The van der Waals surface area contributed by atoms with Gasteiger partial charge >= 0.3 is 12.2 Å². The Morgan fingerprint density at radius 1 is 1.02 bits per heavy atom. The minimum absolute atomic E-state index is 0.0989. The molecule has 12 heteroatoms. The third-order valence-corrected chi connectivity index (χ3v) is 8.57. The van der Waals surface area contributed by atoms with Crippen LogP contribution in [-0.2, 0) is 17.5 Å². The van der Waals surface area contributed by atoms with Gasteiger partial charge in [0.15, 0.2) is 0 Å². The molecule has 3 N–H and O–H groups in total. The van der Waals surface area contributed by atoms with Crippen molar-refractivity contribution in [3.05, 3.63) is 89.5 Å². The maximum absolute atomic E-state index is 14.3. The van der Waals surface area contributed by atoms with E-state index in [1.165, 1.54) is 11.6 Å². The van der Waals surface area contributed by atoms with Crippen molar-refractivity contribution in [3.8, 4) is 5.75 Å². The van der Waals surface area contributed by atoms with Gasteiger partial charge in [-0.15, -0.1) is 0 Å². The maximum atomic E-state index is 14.3. The number of hydrogen-bond acceptors (Lipinski definition) is 6.